The number of rotatable bonds is 3. The standard InChI is InChI=1S/C22H18BrFN2/c1-14-11-20-25-22(17-8-4-3-5-9-17)19(26(20)15(2)21(14)23)13-16-7-6-10-18(24)12-16/h3-12H,13H2,1-2H3. The molecular formula is C22H18BrFN2. The van der Waals surface area contributed by atoms with Crippen molar-refractivity contribution >= 4 is 21.6 Å². The highest BCUT2D eigenvalue weighted by molar-refractivity contribution is 9.10. The van der Waals surface area contributed by atoms with Crippen LogP contribution in [0.25, 0.3) is 16.9 Å². The number of aromatic nitrogens is 2. The van der Waals surface area contributed by atoms with E-state index < -0.39 is 0 Å². The van der Waals surface area contributed by atoms with Gasteiger partial charge in [-0.15, -0.1) is 0 Å². The van der Waals surface area contributed by atoms with E-state index in [0.29, 0.717) is 6.42 Å². The van der Waals surface area contributed by atoms with Crippen LogP contribution in [-0.2, 0) is 6.42 Å². The zero-order chi connectivity index (χ0) is 18.3. The highest BCUT2D eigenvalue weighted by atomic mass is 79.9. The second-order valence-electron chi connectivity index (χ2n) is 6.50. The molecule has 0 fully saturated rings. The molecule has 2 heterocycles. The number of hydrogen-bond donors (Lipinski definition) is 0. The largest absolute Gasteiger partial charge is 0.299 e. The van der Waals surface area contributed by atoms with Crippen molar-refractivity contribution in [1.82, 2.24) is 9.38 Å². The molecule has 0 amide bonds. The predicted molar refractivity (Wildman–Crippen MR) is 107 cm³/mol. The lowest BCUT2D eigenvalue weighted by atomic mass is 10.0. The molecule has 0 spiro atoms. The Morgan fingerprint density at radius 3 is 2.50 bits per heavy atom. The third kappa shape index (κ3) is 2.95. The number of hydrogen-bond acceptors (Lipinski definition) is 1. The lowest BCUT2D eigenvalue weighted by molar-refractivity contribution is 0.626. The third-order valence-electron chi connectivity index (χ3n) is 4.65. The van der Waals surface area contributed by atoms with Gasteiger partial charge in [-0.2, -0.15) is 0 Å². The van der Waals surface area contributed by atoms with Crippen LogP contribution in [0.15, 0.2) is 65.1 Å². The van der Waals surface area contributed by atoms with Crippen LogP contribution in [0, 0.1) is 19.7 Å². The maximum Gasteiger partial charge on any atom is 0.138 e. The number of imidazole rings is 1. The van der Waals surface area contributed by atoms with Crippen LogP contribution in [0.3, 0.4) is 0 Å². The predicted octanol–water partition coefficient (Wildman–Crippen LogP) is 6.11. The highest BCUT2D eigenvalue weighted by Crippen LogP contribution is 2.31. The maximum atomic E-state index is 13.7. The molecule has 0 bridgehead atoms. The Hall–Kier alpha value is -2.46. The second-order valence-corrected chi connectivity index (χ2v) is 7.29. The van der Waals surface area contributed by atoms with Gasteiger partial charge in [0.1, 0.15) is 11.5 Å². The molecule has 2 aromatic heterocycles. The molecule has 130 valence electrons. The molecule has 0 aliphatic rings. The van der Waals surface area contributed by atoms with Crippen LogP contribution in [0.4, 0.5) is 4.39 Å². The lowest BCUT2D eigenvalue weighted by Crippen LogP contribution is -2.02. The third-order valence-corrected chi connectivity index (χ3v) is 5.85. The first-order valence-corrected chi connectivity index (χ1v) is 9.31. The molecule has 4 rings (SSSR count). The summed E-state index contributed by atoms with van der Waals surface area (Å²) in [6.45, 7) is 4.15. The summed E-state index contributed by atoms with van der Waals surface area (Å²) >= 11 is 3.69. The summed E-state index contributed by atoms with van der Waals surface area (Å²) in [7, 11) is 0. The van der Waals surface area contributed by atoms with Crippen LogP contribution in [-0.4, -0.2) is 9.38 Å². The number of pyridine rings is 1. The van der Waals surface area contributed by atoms with Crippen molar-refractivity contribution in [3.63, 3.8) is 0 Å². The minimum Gasteiger partial charge on any atom is -0.299 e. The second kappa shape index (κ2) is 6.69. The Balaban J connectivity index is 1.99. The fraction of sp³-hybridized carbons (Fsp3) is 0.136. The molecular weight excluding hydrogens is 391 g/mol. The van der Waals surface area contributed by atoms with E-state index in [0.717, 1.165) is 43.9 Å². The Bertz CT molecular complexity index is 1100. The lowest BCUT2D eigenvalue weighted by Gasteiger charge is -2.11. The van der Waals surface area contributed by atoms with Crippen LogP contribution in [0.1, 0.15) is 22.5 Å². The molecule has 0 N–H and O–H groups in total. The van der Waals surface area contributed by atoms with E-state index >= 15 is 0 Å². The van der Waals surface area contributed by atoms with Crippen molar-refractivity contribution in [3.05, 3.63) is 93.5 Å². The summed E-state index contributed by atoms with van der Waals surface area (Å²) in [5.41, 5.74) is 7.16. The van der Waals surface area contributed by atoms with Gasteiger partial charge in [0.15, 0.2) is 0 Å². The van der Waals surface area contributed by atoms with E-state index in [1.54, 1.807) is 12.1 Å². The molecule has 0 radical (unpaired) electrons. The fourth-order valence-electron chi connectivity index (χ4n) is 3.42. The molecule has 4 aromatic rings. The SMILES string of the molecule is Cc1cc2nc(-c3ccccc3)c(Cc3cccc(F)c3)n2c(C)c1Br. The van der Waals surface area contributed by atoms with Crippen molar-refractivity contribution in [3.8, 4) is 11.3 Å². The van der Waals surface area contributed by atoms with Gasteiger partial charge in [0.2, 0.25) is 0 Å². The Labute approximate surface area is 160 Å². The van der Waals surface area contributed by atoms with Gasteiger partial charge in [-0.25, -0.2) is 9.37 Å². The van der Waals surface area contributed by atoms with Crippen molar-refractivity contribution in [1.29, 1.82) is 0 Å². The monoisotopic (exact) mass is 408 g/mol. The van der Waals surface area contributed by atoms with Crippen molar-refractivity contribution in [2.45, 2.75) is 20.3 Å². The molecule has 26 heavy (non-hydrogen) atoms. The van der Waals surface area contributed by atoms with Crippen LogP contribution in [0.2, 0.25) is 0 Å². The first-order valence-electron chi connectivity index (χ1n) is 8.51. The van der Waals surface area contributed by atoms with E-state index in [9.17, 15) is 4.39 Å². The Kier molecular flexibility index (Phi) is 4.37. The van der Waals surface area contributed by atoms with E-state index in [1.807, 2.05) is 24.3 Å². The van der Waals surface area contributed by atoms with Crippen LogP contribution in [0.5, 0.6) is 0 Å². The molecule has 0 atom stereocenters. The van der Waals surface area contributed by atoms with Crippen molar-refractivity contribution in [2.75, 3.05) is 0 Å². The molecule has 2 aromatic carbocycles. The molecule has 0 saturated carbocycles. The van der Waals surface area contributed by atoms with E-state index in [1.165, 1.54) is 6.07 Å². The van der Waals surface area contributed by atoms with E-state index in [-0.39, 0.29) is 5.82 Å². The normalized spacial score (nSPS) is 11.2. The van der Waals surface area contributed by atoms with Crippen molar-refractivity contribution < 1.29 is 4.39 Å². The quantitative estimate of drug-likeness (QED) is 0.399. The summed E-state index contributed by atoms with van der Waals surface area (Å²) in [5.74, 6) is -0.216. The van der Waals surface area contributed by atoms with Gasteiger partial charge >= 0.3 is 0 Å². The summed E-state index contributed by atoms with van der Waals surface area (Å²) in [4.78, 5) is 4.91. The van der Waals surface area contributed by atoms with Crippen LogP contribution >= 0.6 is 15.9 Å². The molecule has 0 aliphatic carbocycles. The van der Waals surface area contributed by atoms with E-state index in [4.69, 9.17) is 4.98 Å². The maximum absolute atomic E-state index is 13.7. The first-order chi connectivity index (χ1) is 12.5. The summed E-state index contributed by atoms with van der Waals surface area (Å²) in [6.07, 6.45) is 0.611. The highest BCUT2D eigenvalue weighted by Gasteiger charge is 2.18. The Morgan fingerprint density at radius 2 is 1.77 bits per heavy atom. The number of aryl methyl sites for hydroxylation is 2. The summed E-state index contributed by atoms with van der Waals surface area (Å²) < 4.78 is 16.9. The fourth-order valence-corrected chi connectivity index (χ4v) is 3.71. The van der Waals surface area contributed by atoms with Gasteiger partial charge in [0.25, 0.3) is 0 Å². The summed E-state index contributed by atoms with van der Waals surface area (Å²) in [5, 5.41) is 0. The Morgan fingerprint density at radius 1 is 1.00 bits per heavy atom. The minimum absolute atomic E-state index is 0.216. The number of fused-ring (bicyclic) bond motifs is 1. The summed E-state index contributed by atoms with van der Waals surface area (Å²) in [6, 6.07) is 19.0. The molecule has 2 nitrogen and oxygen atoms in total. The number of benzene rings is 2. The molecule has 0 aliphatic heterocycles. The van der Waals surface area contributed by atoms with Crippen molar-refractivity contribution in [2.24, 2.45) is 0 Å². The van der Waals surface area contributed by atoms with Gasteiger partial charge < -0.3 is 0 Å². The first kappa shape index (κ1) is 17.0. The average molecular weight is 409 g/mol. The molecule has 0 saturated heterocycles. The van der Waals surface area contributed by atoms with Gasteiger partial charge in [-0.1, -0.05) is 42.5 Å². The molecule has 0 unspecified atom stereocenters. The smallest absolute Gasteiger partial charge is 0.138 e. The van der Waals surface area contributed by atoms with Gasteiger partial charge in [0.05, 0.1) is 11.4 Å². The zero-order valence-corrected chi connectivity index (χ0v) is 16.2. The van der Waals surface area contributed by atoms with E-state index in [2.05, 4.69) is 52.4 Å². The zero-order valence-electron chi connectivity index (χ0n) is 14.6. The number of nitrogens with zero attached hydrogens (tertiary/aromatic N) is 2. The topological polar surface area (TPSA) is 17.3 Å². The average Bonchev–Trinajstić information content (AvgIpc) is 2.98. The molecule has 4 heteroatoms. The minimum atomic E-state index is -0.216. The van der Waals surface area contributed by atoms with Gasteiger partial charge in [-0.3, -0.25) is 4.40 Å². The van der Waals surface area contributed by atoms with Gasteiger partial charge in [0, 0.05) is 22.2 Å². The number of halogens is 2. The van der Waals surface area contributed by atoms with Gasteiger partial charge in [-0.05, 0) is 59.1 Å². The van der Waals surface area contributed by atoms with Crippen LogP contribution < -0.4 is 0 Å².